The van der Waals surface area contributed by atoms with Crippen molar-refractivity contribution in [2.45, 2.75) is 63.3 Å². The van der Waals surface area contributed by atoms with Gasteiger partial charge in [0.15, 0.2) is 5.82 Å². The van der Waals surface area contributed by atoms with Crippen molar-refractivity contribution in [3.8, 4) is 0 Å². The molecule has 7 nitrogen and oxygen atoms in total. The van der Waals surface area contributed by atoms with Crippen LogP contribution in [0.5, 0.6) is 0 Å². The summed E-state index contributed by atoms with van der Waals surface area (Å²) in [4.78, 5) is 6.61. The molecule has 2 aromatic heterocycles. The maximum absolute atomic E-state index is 13.9. The number of halogens is 6. The van der Waals surface area contributed by atoms with Crippen molar-refractivity contribution < 1.29 is 30.8 Å². The van der Waals surface area contributed by atoms with Crippen LogP contribution in [0.3, 0.4) is 0 Å². The Morgan fingerprint density at radius 3 is 2.34 bits per heavy atom. The third kappa shape index (κ3) is 4.53. The predicted molar refractivity (Wildman–Crippen MR) is 122 cm³/mol. The highest BCUT2D eigenvalue weighted by Gasteiger charge is 2.48. The molecule has 6 rings (SSSR count). The summed E-state index contributed by atoms with van der Waals surface area (Å²) in [6, 6.07) is 3.39. The van der Waals surface area contributed by atoms with Gasteiger partial charge in [-0.2, -0.15) is 31.4 Å². The monoisotopic (exact) mass is 540 g/mol. The molecule has 2 fully saturated rings. The predicted octanol–water partition coefficient (Wildman–Crippen LogP) is 5.72. The Kier molecular flexibility index (Phi) is 5.95. The molecule has 1 aromatic carbocycles. The molecule has 5 atom stereocenters. The van der Waals surface area contributed by atoms with Crippen molar-refractivity contribution in [3.63, 3.8) is 0 Å². The van der Waals surface area contributed by atoms with E-state index >= 15 is 0 Å². The molecule has 204 valence electrons. The van der Waals surface area contributed by atoms with Gasteiger partial charge in [0.05, 0.1) is 5.56 Å². The van der Waals surface area contributed by atoms with Crippen molar-refractivity contribution in [2.75, 3.05) is 18.0 Å². The highest BCUT2D eigenvalue weighted by Crippen LogP contribution is 2.47. The molecule has 0 spiro atoms. The van der Waals surface area contributed by atoms with Crippen molar-refractivity contribution >= 4 is 6.01 Å². The van der Waals surface area contributed by atoms with Gasteiger partial charge in [0.25, 0.3) is 0 Å². The van der Waals surface area contributed by atoms with E-state index < -0.39 is 29.9 Å². The zero-order valence-corrected chi connectivity index (χ0v) is 20.5. The van der Waals surface area contributed by atoms with Gasteiger partial charge in [0, 0.05) is 32.4 Å². The van der Waals surface area contributed by atoms with Crippen molar-refractivity contribution in [1.29, 1.82) is 0 Å². The van der Waals surface area contributed by atoms with Gasteiger partial charge in [-0.1, -0.05) is 23.3 Å². The zero-order valence-electron chi connectivity index (χ0n) is 20.5. The van der Waals surface area contributed by atoms with Gasteiger partial charge in [0.2, 0.25) is 5.89 Å². The summed E-state index contributed by atoms with van der Waals surface area (Å²) in [6.07, 6.45) is -6.94. The number of nitrogens with zero attached hydrogens (tertiary/aromatic N) is 6. The second-order valence-corrected chi connectivity index (χ2v) is 10.6. The van der Waals surface area contributed by atoms with E-state index in [2.05, 4.69) is 25.2 Å². The molecule has 1 aliphatic carbocycles. The standard InChI is InChI=1S/C25H26F6N6O/c1-13-33-34-23(38-13)36-11-15-5-6-16(12-36)19(15)10-21-32-22-18(7-8-20(25(29,30)31)37(22)35-21)14-3-2-4-17(9-14)24(26,27)28/h2-4,9,15-16,18-20H,5-8,10-12H2,1H3/t15-,16+,18?,19?,20?. The van der Waals surface area contributed by atoms with Crippen LogP contribution in [0.1, 0.15) is 66.3 Å². The van der Waals surface area contributed by atoms with Crippen molar-refractivity contribution in [2.24, 2.45) is 17.8 Å². The van der Waals surface area contributed by atoms with Crippen LogP contribution in [0.15, 0.2) is 28.7 Å². The molecular weight excluding hydrogens is 514 g/mol. The Balaban J connectivity index is 1.28. The van der Waals surface area contributed by atoms with Gasteiger partial charge < -0.3 is 9.32 Å². The molecular formula is C25H26F6N6O. The lowest BCUT2D eigenvalue weighted by molar-refractivity contribution is -0.175. The van der Waals surface area contributed by atoms with Gasteiger partial charge in [-0.05, 0) is 55.1 Å². The number of fused-ring (bicyclic) bond motifs is 3. The lowest BCUT2D eigenvalue weighted by atomic mass is 9.82. The van der Waals surface area contributed by atoms with E-state index in [1.54, 1.807) is 6.92 Å². The fraction of sp³-hybridized carbons (Fsp3) is 0.600. The van der Waals surface area contributed by atoms with E-state index in [1.807, 2.05) is 0 Å². The molecule has 0 radical (unpaired) electrons. The molecule has 1 saturated carbocycles. The second kappa shape index (κ2) is 8.98. The van der Waals surface area contributed by atoms with Crippen LogP contribution in [-0.4, -0.2) is 44.2 Å². The molecule has 2 aliphatic heterocycles. The SMILES string of the molecule is Cc1nnc(N2C[C@H]3CC[C@@H](C2)C3Cc2nc3n(n2)C(C(F)(F)F)CCC3c2cccc(C(F)(F)F)c2)o1. The van der Waals surface area contributed by atoms with E-state index in [9.17, 15) is 26.3 Å². The number of anilines is 1. The number of rotatable bonds is 4. The maximum Gasteiger partial charge on any atom is 0.416 e. The van der Waals surface area contributed by atoms with Gasteiger partial charge in [-0.25, -0.2) is 9.67 Å². The molecule has 4 heterocycles. The summed E-state index contributed by atoms with van der Waals surface area (Å²) in [5.41, 5.74) is -0.539. The summed E-state index contributed by atoms with van der Waals surface area (Å²) in [5, 5.41) is 12.3. The molecule has 0 N–H and O–H groups in total. The Hall–Kier alpha value is -3.12. The van der Waals surface area contributed by atoms with Crippen LogP contribution in [0.25, 0.3) is 0 Å². The molecule has 0 amide bonds. The Bertz CT molecular complexity index is 1300. The zero-order chi connectivity index (χ0) is 26.8. The molecule has 3 aliphatic rings. The van der Waals surface area contributed by atoms with Crippen LogP contribution >= 0.6 is 0 Å². The maximum atomic E-state index is 13.9. The first-order valence-corrected chi connectivity index (χ1v) is 12.7. The minimum atomic E-state index is -4.55. The van der Waals surface area contributed by atoms with Gasteiger partial charge in [-0.15, -0.1) is 5.10 Å². The lowest BCUT2D eigenvalue weighted by Crippen LogP contribution is -2.43. The average molecular weight is 541 g/mol. The fourth-order valence-electron chi connectivity index (χ4n) is 6.51. The summed E-state index contributed by atoms with van der Waals surface area (Å²) in [6.45, 7) is 3.13. The van der Waals surface area contributed by atoms with Gasteiger partial charge >= 0.3 is 18.4 Å². The topological polar surface area (TPSA) is 72.9 Å². The third-order valence-electron chi connectivity index (χ3n) is 8.26. The number of aryl methyl sites for hydroxylation is 1. The summed E-state index contributed by atoms with van der Waals surface area (Å²) >= 11 is 0. The minimum absolute atomic E-state index is 0.0385. The van der Waals surface area contributed by atoms with E-state index in [4.69, 9.17) is 4.42 Å². The quantitative estimate of drug-likeness (QED) is 0.394. The van der Waals surface area contributed by atoms with Gasteiger partial charge in [0.1, 0.15) is 11.9 Å². The highest BCUT2D eigenvalue weighted by atomic mass is 19.4. The lowest BCUT2D eigenvalue weighted by Gasteiger charge is -2.36. The first-order valence-electron chi connectivity index (χ1n) is 12.7. The highest BCUT2D eigenvalue weighted by molar-refractivity contribution is 5.33. The van der Waals surface area contributed by atoms with Crippen molar-refractivity contribution in [1.82, 2.24) is 25.0 Å². The van der Waals surface area contributed by atoms with Crippen molar-refractivity contribution in [3.05, 3.63) is 52.9 Å². The Labute approximate surface area is 214 Å². The van der Waals surface area contributed by atoms with Crippen LogP contribution in [0, 0.1) is 24.7 Å². The van der Waals surface area contributed by atoms with Gasteiger partial charge in [-0.3, -0.25) is 0 Å². The van der Waals surface area contributed by atoms with E-state index in [0.29, 0.717) is 42.8 Å². The molecule has 1 saturated heterocycles. The second-order valence-electron chi connectivity index (χ2n) is 10.6. The molecule has 2 bridgehead atoms. The fourth-order valence-corrected chi connectivity index (χ4v) is 6.51. The first kappa shape index (κ1) is 25.2. The van der Waals surface area contributed by atoms with Crippen LogP contribution in [0.4, 0.5) is 32.4 Å². The molecule has 3 unspecified atom stereocenters. The number of alkyl halides is 6. The molecule has 13 heteroatoms. The largest absolute Gasteiger partial charge is 0.416 e. The Morgan fingerprint density at radius 1 is 0.974 bits per heavy atom. The van der Waals surface area contributed by atoms with E-state index in [1.165, 1.54) is 12.1 Å². The smallest absolute Gasteiger partial charge is 0.408 e. The minimum Gasteiger partial charge on any atom is -0.408 e. The van der Waals surface area contributed by atoms with Crippen LogP contribution < -0.4 is 4.90 Å². The molecule has 3 aromatic rings. The Morgan fingerprint density at radius 2 is 1.71 bits per heavy atom. The number of hydrogen-bond donors (Lipinski definition) is 0. The van der Waals surface area contributed by atoms with E-state index in [0.717, 1.165) is 29.7 Å². The number of benzene rings is 1. The number of aromatic nitrogens is 5. The summed E-state index contributed by atoms with van der Waals surface area (Å²) in [5.74, 6) is 0.929. The third-order valence-corrected chi connectivity index (χ3v) is 8.26. The summed E-state index contributed by atoms with van der Waals surface area (Å²) < 4.78 is 88.2. The normalized spacial score (nSPS) is 27.6. The number of hydrogen-bond acceptors (Lipinski definition) is 6. The van der Waals surface area contributed by atoms with Crippen LogP contribution in [-0.2, 0) is 12.6 Å². The van der Waals surface area contributed by atoms with Crippen LogP contribution in [0.2, 0.25) is 0 Å². The summed E-state index contributed by atoms with van der Waals surface area (Å²) in [7, 11) is 0. The molecule has 38 heavy (non-hydrogen) atoms. The first-order chi connectivity index (χ1) is 18.0. The van der Waals surface area contributed by atoms with E-state index in [-0.39, 0.29) is 36.4 Å². The number of piperidine rings is 1. The average Bonchev–Trinajstić information content (AvgIpc) is 3.53.